The molecule has 0 radical (unpaired) electrons. The molecule has 0 aliphatic carbocycles. The normalized spacial score (nSPS) is 12.4. The van der Waals surface area contributed by atoms with Crippen molar-refractivity contribution in [2.24, 2.45) is 0 Å². The average Bonchev–Trinajstić information content (AvgIpc) is 3.12. The third-order valence-corrected chi connectivity index (χ3v) is 5.85. The van der Waals surface area contributed by atoms with E-state index in [1.807, 2.05) is 6.07 Å². The van der Waals surface area contributed by atoms with Crippen LogP contribution < -0.4 is 4.74 Å². The van der Waals surface area contributed by atoms with Gasteiger partial charge in [0, 0.05) is 6.54 Å². The number of para-hydroxylation sites is 2. The number of nitrogens with zero attached hydrogens (tertiary/aromatic N) is 2. The summed E-state index contributed by atoms with van der Waals surface area (Å²) in [4.78, 5) is 4.99. The number of aryl methyl sites for hydroxylation is 2. The molecule has 0 saturated carbocycles. The van der Waals surface area contributed by atoms with E-state index < -0.39 is 0 Å². The summed E-state index contributed by atoms with van der Waals surface area (Å²) in [5.74, 6) is 1.98. The molecule has 0 N–H and O–H groups in total. The minimum absolute atomic E-state index is 0.0340. The third-order valence-electron chi connectivity index (χ3n) is 5.85. The molecule has 3 heteroatoms. The molecule has 2 aromatic carbocycles. The molecule has 1 aromatic heterocycles. The fraction of sp³-hybridized carbons (Fsp3) is 0.519. The van der Waals surface area contributed by atoms with Gasteiger partial charge in [0.2, 0.25) is 0 Å². The van der Waals surface area contributed by atoms with Gasteiger partial charge in [0.25, 0.3) is 0 Å². The summed E-state index contributed by atoms with van der Waals surface area (Å²) in [6.07, 6.45) is 11.5. The zero-order chi connectivity index (χ0) is 21.2. The highest BCUT2D eigenvalue weighted by Gasteiger charge is 2.20. The van der Waals surface area contributed by atoms with E-state index in [-0.39, 0.29) is 6.10 Å². The van der Waals surface area contributed by atoms with Crippen molar-refractivity contribution in [3.63, 3.8) is 0 Å². The maximum absolute atomic E-state index is 6.40. The van der Waals surface area contributed by atoms with Gasteiger partial charge in [-0.3, -0.25) is 0 Å². The number of ether oxygens (including phenoxy) is 1. The maximum atomic E-state index is 6.40. The molecule has 3 rings (SSSR count). The van der Waals surface area contributed by atoms with Crippen LogP contribution in [0.25, 0.3) is 11.0 Å². The largest absolute Gasteiger partial charge is 0.483 e. The first-order valence-electron chi connectivity index (χ1n) is 11.9. The molecule has 0 fully saturated rings. The Morgan fingerprint density at radius 3 is 2.33 bits per heavy atom. The Hall–Kier alpha value is -2.29. The summed E-state index contributed by atoms with van der Waals surface area (Å²) in [6.45, 7) is 7.57. The lowest BCUT2D eigenvalue weighted by Gasteiger charge is -2.19. The zero-order valence-electron chi connectivity index (χ0n) is 19.1. The summed E-state index contributed by atoms with van der Waals surface area (Å²) in [7, 11) is 0. The van der Waals surface area contributed by atoms with E-state index in [0.717, 1.165) is 30.1 Å². The summed E-state index contributed by atoms with van der Waals surface area (Å²) >= 11 is 0. The minimum atomic E-state index is -0.0340. The van der Waals surface area contributed by atoms with Crippen LogP contribution in [0.3, 0.4) is 0 Å². The molecule has 1 heterocycles. The van der Waals surface area contributed by atoms with Crippen LogP contribution in [0.2, 0.25) is 0 Å². The summed E-state index contributed by atoms with van der Waals surface area (Å²) in [5.41, 5.74) is 3.51. The van der Waals surface area contributed by atoms with Crippen LogP contribution in [0, 0.1) is 6.92 Å². The number of benzene rings is 2. The summed E-state index contributed by atoms with van der Waals surface area (Å²) in [5, 5.41) is 0. The number of hydrogen-bond donors (Lipinski definition) is 0. The van der Waals surface area contributed by atoms with Gasteiger partial charge in [-0.2, -0.15) is 0 Å². The lowest BCUT2D eigenvalue weighted by atomic mass is 10.1. The molecule has 1 atom stereocenters. The third kappa shape index (κ3) is 6.10. The Morgan fingerprint density at radius 1 is 0.867 bits per heavy atom. The SMILES string of the molecule is CCCCCCCCCCn1c(C(CC)Oc2cccc(C)c2)nc2ccccc21. The highest BCUT2D eigenvalue weighted by atomic mass is 16.5. The first kappa shape index (κ1) is 22.4. The molecule has 1 unspecified atom stereocenters. The Kier molecular flexibility index (Phi) is 8.80. The highest BCUT2D eigenvalue weighted by molar-refractivity contribution is 5.76. The van der Waals surface area contributed by atoms with Gasteiger partial charge < -0.3 is 9.30 Å². The minimum Gasteiger partial charge on any atom is -0.483 e. The fourth-order valence-electron chi connectivity index (χ4n) is 4.15. The van der Waals surface area contributed by atoms with Crippen molar-refractivity contribution in [2.75, 3.05) is 0 Å². The van der Waals surface area contributed by atoms with Crippen molar-refractivity contribution in [2.45, 2.75) is 91.2 Å². The van der Waals surface area contributed by atoms with Crippen LogP contribution >= 0.6 is 0 Å². The number of aromatic nitrogens is 2. The number of rotatable bonds is 13. The van der Waals surface area contributed by atoms with Crippen LogP contribution in [0.1, 0.15) is 89.1 Å². The lowest BCUT2D eigenvalue weighted by molar-refractivity contribution is 0.186. The maximum Gasteiger partial charge on any atom is 0.156 e. The van der Waals surface area contributed by atoms with Crippen molar-refractivity contribution >= 4 is 11.0 Å². The lowest BCUT2D eigenvalue weighted by Crippen LogP contribution is -2.14. The molecule has 0 spiro atoms. The molecule has 162 valence electrons. The summed E-state index contributed by atoms with van der Waals surface area (Å²) < 4.78 is 8.80. The van der Waals surface area contributed by atoms with Crippen LogP contribution in [-0.4, -0.2) is 9.55 Å². The molecule has 30 heavy (non-hydrogen) atoms. The molecule has 3 nitrogen and oxygen atoms in total. The van der Waals surface area contributed by atoms with Gasteiger partial charge in [-0.25, -0.2) is 4.98 Å². The van der Waals surface area contributed by atoms with Crippen LogP contribution in [0.15, 0.2) is 48.5 Å². The van der Waals surface area contributed by atoms with E-state index >= 15 is 0 Å². The molecule has 0 amide bonds. The first-order chi connectivity index (χ1) is 14.7. The van der Waals surface area contributed by atoms with E-state index in [0.29, 0.717) is 0 Å². The Morgan fingerprint density at radius 2 is 1.60 bits per heavy atom. The molecule has 3 aromatic rings. The second kappa shape index (κ2) is 11.8. The highest BCUT2D eigenvalue weighted by Crippen LogP contribution is 2.28. The van der Waals surface area contributed by atoms with Gasteiger partial charge in [-0.05, 0) is 49.6 Å². The second-order valence-electron chi connectivity index (χ2n) is 8.42. The van der Waals surface area contributed by atoms with E-state index in [1.54, 1.807) is 0 Å². The molecular weight excluding hydrogens is 368 g/mol. The predicted molar refractivity (Wildman–Crippen MR) is 127 cm³/mol. The van der Waals surface area contributed by atoms with Crippen molar-refractivity contribution in [1.82, 2.24) is 9.55 Å². The molecular formula is C27H38N2O. The van der Waals surface area contributed by atoms with Gasteiger partial charge in [0.1, 0.15) is 5.75 Å². The topological polar surface area (TPSA) is 27.1 Å². The number of unbranched alkanes of at least 4 members (excludes halogenated alkanes) is 7. The van der Waals surface area contributed by atoms with Gasteiger partial charge >= 0.3 is 0 Å². The molecule has 0 saturated heterocycles. The van der Waals surface area contributed by atoms with Crippen LogP contribution in [-0.2, 0) is 6.54 Å². The van der Waals surface area contributed by atoms with Crippen LogP contribution in [0.4, 0.5) is 0 Å². The van der Waals surface area contributed by atoms with Gasteiger partial charge in [0.05, 0.1) is 11.0 Å². The van der Waals surface area contributed by atoms with Crippen molar-refractivity contribution in [3.05, 3.63) is 59.9 Å². The molecule has 0 aliphatic rings. The van der Waals surface area contributed by atoms with Crippen molar-refractivity contribution in [3.8, 4) is 5.75 Å². The molecule has 0 bridgehead atoms. The standard InChI is InChI=1S/C27H38N2O/c1-4-6-7-8-9-10-11-14-20-29-25-19-13-12-18-24(25)28-27(29)26(5-2)30-23-17-15-16-22(3)21-23/h12-13,15-19,21,26H,4-11,14,20H2,1-3H3. The zero-order valence-corrected chi connectivity index (χ0v) is 19.1. The summed E-state index contributed by atoms with van der Waals surface area (Å²) in [6, 6.07) is 16.8. The second-order valence-corrected chi connectivity index (χ2v) is 8.42. The van der Waals surface area contributed by atoms with Gasteiger partial charge in [-0.15, -0.1) is 0 Å². The number of fused-ring (bicyclic) bond motifs is 1. The first-order valence-corrected chi connectivity index (χ1v) is 11.9. The van der Waals surface area contributed by atoms with Crippen molar-refractivity contribution in [1.29, 1.82) is 0 Å². The van der Waals surface area contributed by atoms with Crippen molar-refractivity contribution < 1.29 is 4.74 Å². The monoisotopic (exact) mass is 406 g/mol. The van der Waals surface area contributed by atoms with Crippen LogP contribution in [0.5, 0.6) is 5.75 Å². The number of hydrogen-bond acceptors (Lipinski definition) is 2. The number of imidazole rings is 1. The Bertz CT molecular complexity index is 899. The Labute approximate surface area is 182 Å². The van der Waals surface area contributed by atoms with E-state index in [9.17, 15) is 0 Å². The smallest absolute Gasteiger partial charge is 0.156 e. The van der Waals surface area contributed by atoms with Gasteiger partial charge in [-0.1, -0.05) is 83.1 Å². The Balaban J connectivity index is 1.69. The van der Waals surface area contributed by atoms with E-state index in [1.165, 1.54) is 62.4 Å². The molecule has 0 aliphatic heterocycles. The van der Waals surface area contributed by atoms with Gasteiger partial charge in [0.15, 0.2) is 11.9 Å². The van der Waals surface area contributed by atoms with E-state index in [4.69, 9.17) is 9.72 Å². The predicted octanol–water partition coefficient (Wildman–Crippen LogP) is 8.02. The fourth-order valence-corrected chi connectivity index (χ4v) is 4.15. The average molecular weight is 407 g/mol. The quantitative estimate of drug-likeness (QED) is 0.269. The van der Waals surface area contributed by atoms with E-state index in [2.05, 4.69) is 67.8 Å².